The molecular weight excluding hydrogens is 399 g/mol. The summed E-state index contributed by atoms with van der Waals surface area (Å²) in [6, 6.07) is 13.9. The van der Waals surface area contributed by atoms with Crippen molar-refractivity contribution in [2.45, 2.75) is 12.1 Å². The molecule has 1 saturated heterocycles. The van der Waals surface area contributed by atoms with Crippen molar-refractivity contribution < 1.29 is 9.50 Å². The molecule has 0 amide bonds. The van der Waals surface area contributed by atoms with Crippen LogP contribution in [0.1, 0.15) is 23.5 Å². The Labute approximate surface area is 172 Å². The SMILES string of the molecule is OCCN1C(=S)N[C@H](c2ccccn2)[C@H]1c1cccn1-c1ccc(F)c(Cl)c1. The Hall–Kier alpha value is -2.48. The molecule has 3 heterocycles. The monoisotopic (exact) mass is 416 g/mol. The van der Waals surface area contributed by atoms with Crippen LogP contribution in [0.2, 0.25) is 5.02 Å². The first-order valence-electron chi connectivity index (χ1n) is 8.81. The van der Waals surface area contributed by atoms with Gasteiger partial charge in [-0.05, 0) is 54.7 Å². The fourth-order valence-corrected chi connectivity index (χ4v) is 4.09. The van der Waals surface area contributed by atoms with Gasteiger partial charge < -0.3 is 19.9 Å². The number of hydrogen-bond donors (Lipinski definition) is 2. The van der Waals surface area contributed by atoms with Gasteiger partial charge in [0.15, 0.2) is 5.11 Å². The lowest BCUT2D eigenvalue weighted by Gasteiger charge is -2.28. The average Bonchev–Trinajstić information content (AvgIpc) is 3.30. The molecule has 4 rings (SSSR count). The normalized spacial score (nSPS) is 19.1. The Balaban J connectivity index is 1.81. The number of thiocarbonyl (C=S) groups is 1. The van der Waals surface area contributed by atoms with Crippen LogP contribution in [0, 0.1) is 5.82 Å². The molecule has 0 radical (unpaired) electrons. The molecule has 0 saturated carbocycles. The van der Waals surface area contributed by atoms with Crippen molar-refractivity contribution in [1.29, 1.82) is 0 Å². The van der Waals surface area contributed by atoms with Crippen LogP contribution in [0.15, 0.2) is 60.9 Å². The zero-order valence-corrected chi connectivity index (χ0v) is 16.4. The van der Waals surface area contributed by atoms with Crippen molar-refractivity contribution in [3.63, 3.8) is 0 Å². The molecule has 2 N–H and O–H groups in total. The maximum absolute atomic E-state index is 13.6. The van der Waals surface area contributed by atoms with E-state index in [9.17, 15) is 9.50 Å². The molecule has 5 nitrogen and oxygen atoms in total. The Kier molecular flexibility index (Phi) is 5.30. The Morgan fingerprint density at radius 1 is 1.21 bits per heavy atom. The number of benzene rings is 1. The molecule has 1 aliphatic rings. The molecule has 1 aliphatic heterocycles. The Morgan fingerprint density at radius 2 is 2.07 bits per heavy atom. The maximum atomic E-state index is 13.6. The molecule has 8 heteroatoms. The van der Waals surface area contributed by atoms with Crippen molar-refractivity contribution in [2.24, 2.45) is 0 Å². The van der Waals surface area contributed by atoms with E-state index in [0.29, 0.717) is 11.7 Å². The number of β-amino-alcohol motifs (C(OH)–C–C–N with tert-alkyl or cyclic N) is 1. The number of aliphatic hydroxyl groups is 1. The van der Waals surface area contributed by atoms with E-state index in [2.05, 4.69) is 10.3 Å². The van der Waals surface area contributed by atoms with Crippen LogP contribution in [-0.4, -0.2) is 37.8 Å². The van der Waals surface area contributed by atoms with Crippen LogP contribution in [0.25, 0.3) is 5.69 Å². The van der Waals surface area contributed by atoms with Gasteiger partial charge in [0.2, 0.25) is 0 Å². The Bertz CT molecular complexity index is 997. The summed E-state index contributed by atoms with van der Waals surface area (Å²) in [5, 5.41) is 13.5. The Morgan fingerprint density at radius 3 is 2.79 bits per heavy atom. The second-order valence-electron chi connectivity index (χ2n) is 6.45. The van der Waals surface area contributed by atoms with Crippen LogP contribution < -0.4 is 5.32 Å². The van der Waals surface area contributed by atoms with E-state index in [4.69, 9.17) is 23.8 Å². The fourth-order valence-electron chi connectivity index (χ4n) is 3.58. The first-order chi connectivity index (χ1) is 13.6. The highest BCUT2D eigenvalue weighted by Gasteiger charge is 2.40. The van der Waals surface area contributed by atoms with Gasteiger partial charge in [0, 0.05) is 30.3 Å². The minimum Gasteiger partial charge on any atom is -0.395 e. The van der Waals surface area contributed by atoms with Crippen LogP contribution in [0.5, 0.6) is 0 Å². The number of nitrogens with one attached hydrogen (secondary N) is 1. The molecule has 28 heavy (non-hydrogen) atoms. The summed E-state index contributed by atoms with van der Waals surface area (Å²) in [5.74, 6) is -0.462. The number of aromatic nitrogens is 2. The standard InChI is InChI=1S/C20H18ClFN4OS/c21-14-12-13(6-7-15(14)22)25-9-3-5-17(25)19-18(16-4-1-2-8-23-16)24-20(28)26(19)10-11-27/h1-9,12,18-19,27H,10-11H2,(H,24,28)/t18-,19-/m1/s1. The second kappa shape index (κ2) is 7.87. The number of aliphatic hydroxyl groups excluding tert-OH is 1. The molecular formula is C20H18ClFN4OS. The van der Waals surface area contributed by atoms with Crippen molar-refractivity contribution in [3.05, 3.63) is 83.2 Å². The topological polar surface area (TPSA) is 53.3 Å². The summed E-state index contributed by atoms with van der Waals surface area (Å²) < 4.78 is 15.6. The first kappa shape index (κ1) is 18.9. The summed E-state index contributed by atoms with van der Waals surface area (Å²) in [6.45, 7) is 0.353. The lowest BCUT2D eigenvalue weighted by molar-refractivity contribution is 0.220. The molecule has 1 fully saturated rings. The van der Waals surface area contributed by atoms with Crippen LogP contribution >= 0.6 is 23.8 Å². The summed E-state index contributed by atoms with van der Waals surface area (Å²) in [7, 11) is 0. The minimum atomic E-state index is -0.462. The number of halogens is 2. The minimum absolute atomic E-state index is 0.0314. The van der Waals surface area contributed by atoms with E-state index in [0.717, 1.165) is 17.1 Å². The highest BCUT2D eigenvalue weighted by atomic mass is 35.5. The van der Waals surface area contributed by atoms with Gasteiger partial charge in [-0.1, -0.05) is 17.7 Å². The molecule has 144 valence electrons. The molecule has 0 bridgehead atoms. The molecule has 0 aliphatic carbocycles. The van der Waals surface area contributed by atoms with Gasteiger partial charge in [-0.2, -0.15) is 0 Å². The van der Waals surface area contributed by atoms with Gasteiger partial charge in [0.1, 0.15) is 5.82 Å². The number of rotatable bonds is 5. The van der Waals surface area contributed by atoms with Crippen LogP contribution in [0.4, 0.5) is 4.39 Å². The van der Waals surface area contributed by atoms with Crippen molar-refractivity contribution >= 4 is 28.9 Å². The molecule has 3 aromatic rings. The lowest BCUT2D eigenvalue weighted by Crippen LogP contribution is -2.32. The van der Waals surface area contributed by atoms with Gasteiger partial charge in [0.05, 0.1) is 29.4 Å². The van der Waals surface area contributed by atoms with E-state index in [1.54, 1.807) is 18.3 Å². The van der Waals surface area contributed by atoms with E-state index in [1.807, 2.05) is 46.0 Å². The smallest absolute Gasteiger partial charge is 0.170 e. The van der Waals surface area contributed by atoms with Crippen molar-refractivity contribution in [1.82, 2.24) is 19.8 Å². The van der Waals surface area contributed by atoms with Crippen molar-refractivity contribution in [2.75, 3.05) is 13.2 Å². The predicted molar refractivity (Wildman–Crippen MR) is 110 cm³/mol. The zero-order chi connectivity index (χ0) is 19.7. The summed E-state index contributed by atoms with van der Waals surface area (Å²) in [6.07, 6.45) is 3.64. The fraction of sp³-hybridized carbons (Fsp3) is 0.200. The van der Waals surface area contributed by atoms with Crippen molar-refractivity contribution in [3.8, 4) is 5.69 Å². The van der Waals surface area contributed by atoms with Crippen LogP contribution in [0.3, 0.4) is 0 Å². The highest BCUT2D eigenvalue weighted by molar-refractivity contribution is 7.80. The van der Waals surface area contributed by atoms with E-state index < -0.39 is 5.82 Å². The predicted octanol–water partition coefficient (Wildman–Crippen LogP) is 3.63. The largest absolute Gasteiger partial charge is 0.395 e. The third-order valence-electron chi connectivity index (χ3n) is 4.80. The van der Waals surface area contributed by atoms with Gasteiger partial charge in [0.25, 0.3) is 0 Å². The van der Waals surface area contributed by atoms with Gasteiger partial charge in [-0.3, -0.25) is 4.98 Å². The quantitative estimate of drug-likeness (QED) is 0.622. The number of nitrogens with zero attached hydrogens (tertiary/aromatic N) is 3. The third-order valence-corrected chi connectivity index (χ3v) is 5.45. The number of pyridine rings is 1. The summed E-state index contributed by atoms with van der Waals surface area (Å²) in [4.78, 5) is 6.44. The molecule has 2 aromatic heterocycles. The molecule has 0 spiro atoms. The summed E-state index contributed by atoms with van der Waals surface area (Å²) in [5.41, 5.74) is 2.52. The number of hydrogen-bond acceptors (Lipinski definition) is 3. The third kappa shape index (κ3) is 3.37. The maximum Gasteiger partial charge on any atom is 0.170 e. The molecule has 0 unspecified atom stereocenters. The average molecular weight is 417 g/mol. The molecule has 2 atom stereocenters. The first-order valence-corrected chi connectivity index (χ1v) is 9.60. The lowest BCUT2D eigenvalue weighted by atomic mass is 10.0. The van der Waals surface area contributed by atoms with E-state index in [1.165, 1.54) is 6.07 Å². The van der Waals surface area contributed by atoms with Gasteiger partial charge in [-0.25, -0.2) is 4.39 Å². The van der Waals surface area contributed by atoms with Gasteiger partial charge >= 0.3 is 0 Å². The van der Waals surface area contributed by atoms with E-state index in [-0.39, 0.29) is 23.7 Å². The summed E-state index contributed by atoms with van der Waals surface area (Å²) >= 11 is 11.5. The van der Waals surface area contributed by atoms with E-state index >= 15 is 0 Å². The van der Waals surface area contributed by atoms with Crippen LogP contribution in [-0.2, 0) is 0 Å². The zero-order valence-electron chi connectivity index (χ0n) is 14.8. The second-order valence-corrected chi connectivity index (χ2v) is 7.24. The molecule has 1 aromatic carbocycles. The van der Waals surface area contributed by atoms with Gasteiger partial charge in [-0.15, -0.1) is 0 Å². The highest BCUT2D eigenvalue weighted by Crippen LogP contribution is 2.39.